The Labute approximate surface area is 150 Å². The molecule has 2 amide bonds. The highest BCUT2D eigenvalue weighted by Gasteiger charge is 2.48. The third-order valence-electron chi connectivity index (χ3n) is 5.89. The minimum Gasteiger partial charge on any atom is -0.348 e. The van der Waals surface area contributed by atoms with Crippen molar-refractivity contribution in [2.45, 2.75) is 44.2 Å². The Morgan fingerprint density at radius 1 is 1.04 bits per heavy atom. The summed E-state index contributed by atoms with van der Waals surface area (Å²) in [5.74, 6) is 0.593. The number of nitrogens with zero attached hydrogens (tertiary/aromatic N) is 3. The summed E-state index contributed by atoms with van der Waals surface area (Å²) in [4.78, 5) is 30.1. The van der Waals surface area contributed by atoms with E-state index >= 15 is 0 Å². The minimum absolute atomic E-state index is 0.0285. The third kappa shape index (κ3) is 4.16. The topological polar surface area (TPSA) is 78.0 Å². The van der Waals surface area contributed by atoms with E-state index in [0.29, 0.717) is 25.4 Å². The van der Waals surface area contributed by atoms with Gasteiger partial charge in [-0.1, -0.05) is 12.8 Å². The average molecular weight is 372 g/mol. The van der Waals surface area contributed by atoms with Gasteiger partial charge in [-0.25, -0.2) is 8.42 Å². The molecule has 3 fully saturated rings. The summed E-state index contributed by atoms with van der Waals surface area (Å²) in [6.45, 7) is 1.30. The number of hydrogen-bond donors (Lipinski definition) is 0. The van der Waals surface area contributed by atoms with Gasteiger partial charge in [0.2, 0.25) is 11.8 Å². The molecule has 25 heavy (non-hydrogen) atoms. The lowest BCUT2D eigenvalue weighted by Crippen LogP contribution is -2.62. The van der Waals surface area contributed by atoms with Gasteiger partial charge in [0.05, 0.1) is 24.1 Å². The second-order valence-corrected chi connectivity index (χ2v) is 10.1. The Bertz CT molecular complexity index is 628. The molecule has 7 nitrogen and oxygen atoms in total. The van der Waals surface area contributed by atoms with Gasteiger partial charge in [-0.2, -0.15) is 0 Å². The highest BCUT2D eigenvalue weighted by atomic mass is 32.2. The molecule has 8 heteroatoms. The molecule has 0 aromatic carbocycles. The molecule has 0 bridgehead atoms. The fraction of sp³-hybridized carbons (Fsp3) is 0.882. The summed E-state index contributed by atoms with van der Waals surface area (Å²) in [7, 11) is 0.230. The Balaban J connectivity index is 1.71. The van der Waals surface area contributed by atoms with E-state index in [4.69, 9.17) is 0 Å². The molecule has 142 valence electrons. The van der Waals surface area contributed by atoms with Crippen molar-refractivity contribution >= 4 is 21.7 Å². The first-order valence-corrected chi connectivity index (χ1v) is 11.0. The zero-order chi connectivity index (χ0) is 18.2. The highest BCUT2D eigenvalue weighted by molar-refractivity contribution is 7.91. The van der Waals surface area contributed by atoms with E-state index in [1.165, 1.54) is 17.7 Å². The molecule has 3 aliphatic rings. The zero-order valence-corrected chi connectivity index (χ0v) is 16.0. The van der Waals surface area contributed by atoms with Crippen LogP contribution in [0.5, 0.6) is 0 Å². The van der Waals surface area contributed by atoms with Crippen molar-refractivity contribution in [1.82, 2.24) is 14.7 Å². The van der Waals surface area contributed by atoms with Crippen LogP contribution in [0, 0.1) is 5.92 Å². The lowest BCUT2D eigenvalue weighted by molar-refractivity contribution is -0.139. The van der Waals surface area contributed by atoms with Gasteiger partial charge in [0, 0.05) is 39.6 Å². The number of carbonyl (C=O) groups is 2. The summed E-state index contributed by atoms with van der Waals surface area (Å²) in [6, 6.07) is -0.558. The molecule has 0 aromatic heterocycles. The second-order valence-electron chi connectivity index (χ2n) is 7.91. The molecule has 0 N–H and O–H groups in total. The van der Waals surface area contributed by atoms with Crippen molar-refractivity contribution in [3.63, 3.8) is 0 Å². The van der Waals surface area contributed by atoms with Gasteiger partial charge >= 0.3 is 0 Å². The van der Waals surface area contributed by atoms with Crippen LogP contribution < -0.4 is 0 Å². The van der Waals surface area contributed by atoms with E-state index < -0.39 is 9.84 Å². The molecular formula is C17H29N3O4S. The maximum absolute atomic E-state index is 12.8. The van der Waals surface area contributed by atoms with Gasteiger partial charge in [-0.05, 0) is 18.8 Å². The summed E-state index contributed by atoms with van der Waals surface area (Å²) in [6.07, 6.45) is 5.14. The lowest BCUT2D eigenvalue weighted by atomic mass is 9.99. The molecule has 0 unspecified atom stereocenters. The number of hydrogen-bond acceptors (Lipinski definition) is 5. The highest BCUT2D eigenvalue weighted by Crippen LogP contribution is 2.31. The molecule has 0 radical (unpaired) electrons. The molecule has 2 saturated heterocycles. The Kier molecular flexibility index (Phi) is 5.39. The van der Waals surface area contributed by atoms with Crippen LogP contribution in [0.15, 0.2) is 0 Å². The smallest absolute Gasteiger partial charge is 0.236 e. The maximum atomic E-state index is 12.8. The summed E-state index contributed by atoms with van der Waals surface area (Å²) in [5.41, 5.74) is 0. The number of fused-ring (bicyclic) bond motifs is 1. The Morgan fingerprint density at radius 3 is 2.32 bits per heavy atom. The molecule has 3 rings (SSSR count). The van der Waals surface area contributed by atoms with Crippen LogP contribution in [0.25, 0.3) is 0 Å². The number of likely N-dealkylation sites (N-methyl/N-ethyl adjacent to an activating group) is 1. The van der Waals surface area contributed by atoms with Crippen molar-refractivity contribution in [2.24, 2.45) is 5.92 Å². The van der Waals surface area contributed by atoms with Crippen LogP contribution in [0.3, 0.4) is 0 Å². The predicted molar refractivity (Wildman–Crippen MR) is 94.8 cm³/mol. The van der Waals surface area contributed by atoms with Crippen molar-refractivity contribution in [3.05, 3.63) is 0 Å². The third-order valence-corrected chi connectivity index (χ3v) is 7.59. The minimum atomic E-state index is -3.17. The van der Waals surface area contributed by atoms with Crippen molar-refractivity contribution in [2.75, 3.05) is 45.2 Å². The van der Waals surface area contributed by atoms with Crippen LogP contribution in [-0.2, 0) is 19.4 Å². The monoisotopic (exact) mass is 371 g/mol. The van der Waals surface area contributed by atoms with Gasteiger partial charge in [0.15, 0.2) is 9.84 Å². The van der Waals surface area contributed by atoms with E-state index in [2.05, 4.69) is 0 Å². The zero-order valence-electron chi connectivity index (χ0n) is 15.2. The molecule has 1 aliphatic carbocycles. The lowest BCUT2D eigenvalue weighted by Gasteiger charge is -2.44. The fourth-order valence-corrected chi connectivity index (χ4v) is 6.44. The van der Waals surface area contributed by atoms with Crippen molar-refractivity contribution in [1.29, 1.82) is 0 Å². The SMILES string of the molecule is CN(C)C(=O)CN1CCN(C(=O)CC2CCCC2)[C@H]2CS(=O)(=O)C[C@H]21. The first kappa shape index (κ1) is 18.6. The first-order valence-electron chi connectivity index (χ1n) is 9.21. The van der Waals surface area contributed by atoms with Crippen LogP contribution in [0.2, 0.25) is 0 Å². The molecule has 0 spiro atoms. The normalized spacial score (nSPS) is 29.6. The fourth-order valence-electron chi connectivity index (χ4n) is 4.42. The molecule has 2 heterocycles. The van der Waals surface area contributed by atoms with E-state index in [1.807, 2.05) is 4.90 Å². The predicted octanol–water partition coefficient (Wildman–Crippen LogP) is -0.0353. The number of amides is 2. The van der Waals surface area contributed by atoms with Gasteiger partial charge in [-0.3, -0.25) is 14.5 Å². The average Bonchev–Trinajstić information content (AvgIpc) is 3.13. The van der Waals surface area contributed by atoms with Crippen molar-refractivity contribution < 1.29 is 18.0 Å². The standard InChI is InChI=1S/C17H29N3O4S/c1-18(2)17(22)10-19-7-8-20(15-12-25(23,24)11-14(15)19)16(21)9-13-5-3-4-6-13/h13-15H,3-12H2,1-2H3/t14-,15+/m1/s1. The number of rotatable bonds is 4. The molecule has 0 aromatic rings. The van der Waals surface area contributed by atoms with E-state index in [9.17, 15) is 18.0 Å². The van der Waals surface area contributed by atoms with E-state index in [-0.39, 0.29) is 41.9 Å². The van der Waals surface area contributed by atoms with E-state index in [1.54, 1.807) is 19.0 Å². The Morgan fingerprint density at radius 2 is 1.68 bits per heavy atom. The summed E-state index contributed by atoms with van der Waals surface area (Å²) in [5, 5.41) is 0. The van der Waals surface area contributed by atoms with Gasteiger partial charge in [0.1, 0.15) is 0 Å². The molecule has 1 saturated carbocycles. The van der Waals surface area contributed by atoms with Gasteiger partial charge in [0.25, 0.3) is 0 Å². The maximum Gasteiger partial charge on any atom is 0.236 e. The largest absolute Gasteiger partial charge is 0.348 e. The van der Waals surface area contributed by atoms with Gasteiger partial charge < -0.3 is 9.80 Å². The van der Waals surface area contributed by atoms with E-state index in [0.717, 1.165) is 12.8 Å². The molecule has 2 atom stereocenters. The van der Waals surface area contributed by atoms with Crippen LogP contribution in [0.1, 0.15) is 32.1 Å². The van der Waals surface area contributed by atoms with Crippen LogP contribution in [-0.4, -0.2) is 92.3 Å². The second kappa shape index (κ2) is 7.23. The van der Waals surface area contributed by atoms with Crippen LogP contribution >= 0.6 is 0 Å². The molecular weight excluding hydrogens is 342 g/mol. The number of piperazine rings is 1. The Hall–Kier alpha value is -1.15. The summed E-state index contributed by atoms with van der Waals surface area (Å²) < 4.78 is 24.4. The van der Waals surface area contributed by atoms with Crippen molar-refractivity contribution in [3.8, 4) is 0 Å². The van der Waals surface area contributed by atoms with Crippen LogP contribution in [0.4, 0.5) is 0 Å². The number of carbonyl (C=O) groups excluding carboxylic acids is 2. The molecule has 2 aliphatic heterocycles. The first-order chi connectivity index (χ1) is 11.8. The number of sulfone groups is 1. The summed E-state index contributed by atoms with van der Waals surface area (Å²) >= 11 is 0. The van der Waals surface area contributed by atoms with Gasteiger partial charge in [-0.15, -0.1) is 0 Å². The quantitative estimate of drug-likeness (QED) is 0.693.